The van der Waals surface area contributed by atoms with Crippen LogP contribution in [-0.2, 0) is 14.6 Å². The number of carbonyl (C=O) groups is 2. The number of ether oxygens (including phenoxy) is 1. The maximum Gasteiger partial charge on any atom is 0.341 e. The summed E-state index contributed by atoms with van der Waals surface area (Å²) < 4.78 is 29.8. The third-order valence-corrected chi connectivity index (χ3v) is 7.42. The van der Waals surface area contributed by atoms with Crippen molar-refractivity contribution in [2.24, 2.45) is 0 Å². The summed E-state index contributed by atoms with van der Waals surface area (Å²) in [5.41, 5.74) is 2.35. The van der Waals surface area contributed by atoms with Crippen LogP contribution in [0.15, 0.2) is 41.0 Å². The zero-order valence-electron chi connectivity index (χ0n) is 18.2. The van der Waals surface area contributed by atoms with Crippen LogP contribution in [0.3, 0.4) is 0 Å². The number of thiophene rings is 1. The molecule has 0 saturated carbocycles. The van der Waals surface area contributed by atoms with E-state index in [0.29, 0.717) is 12.0 Å². The summed E-state index contributed by atoms with van der Waals surface area (Å²) in [5.74, 6) is -1.52. The molecule has 33 heavy (non-hydrogen) atoms. The molecule has 0 saturated heterocycles. The third kappa shape index (κ3) is 5.58. The van der Waals surface area contributed by atoms with Gasteiger partial charge in [-0.25, -0.2) is 23.2 Å². The van der Waals surface area contributed by atoms with Crippen LogP contribution in [0.5, 0.6) is 0 Å². The van der Waals surface area contributed by atoms with E-state index in [1.807, 2.05) is 31.2 Å². The molecule has 0 aliphatic heterocycles. The average Bonchev–Trinajstić information content (AvgIpc) is 3.18. The van der Waals surface area contributed by atoms with E-state index in [0.717, 1.165) is 28.7 Å². The highest BCUT2D eigenvalue weighted by molar-refractivity contribution is 7.91. The largest absolute Gasteiger partial charge is 0.462 e. The smallest absolute Gasteiger partial charge is 0.341 e. The van der Waals surface area contributed by atoms with Gasteiger partial charge in [0.15, 0.2) is 5.69 Å². The molecular weight excluding hydrogens is 486 g/mol. The van der Waals surface area contributed by atoms with E-state index in [-0.39, 0.29) is 33.6 Å². The van der Waals surface area contributed by atoms with Gasteiger partial charge in [0.2, 0.25) is 15.0 Å². The molecule has 0 bridgehead atoms. The van der Waals surface area contributed by atoms with E-state index >= 15 is 0 Å². The van der Waals surface area contributed by atoms with Crippen LogP contribution < -0.4 is 5.32 Å². The Morgan fingerprint density at radius 1 is 1.18 bits per heavy atom. The third-order valence-electron chi connectivity index (χ3n) is 4.55. The predicted molar refractivity (Wildman–Crippen MR) is 128 cm³/mol. The summed E-state index contributed by atoms with van der Waals surface area (Å²) >= 11 is 7.22. The molecule has 1 amide bonds. The number of esters is 1. The number of anilines is 1. The molecule has 0 radical (unpaired) electrons. The van der Waals surface area contributed by atoms with Gasteiger partial charge in [0, 0.05) is 10.9 Å². The van der Waals surface area contributed by atoms with E-state index < -0.39 is 26.9 Å². The number of sulfone groups is 1. The minimum Gasteiger partial charge on any atom is -0.462 e. The van der Waals surface area contributed by atoms with E-state index in [2.05, 4.69) is 15.3 Å². The molecule has 2 aromatic heterocycles. The van der Waals surface area contributed by atoms with Crippen molar-refractivity contribution in [2.75, 3.05) is 17.7 Å². The fourth-order valence-electron chi connectivity index (χ4n) is 2.98. The number of halogens is 1. The minimum atomic E-state index is -3.75. The maximum atomic E-state index is 13.0. The van der Waals surface area contributed by atoms with E-state index in [1.54, 1.807) is 19.2 Å². The van der Waals surface area contributed by atoms with Crippen molar-refractivity contribution in [3.05, 3.63) is 57.7 Å². The van der Waals surface area contributed by atoms with Gasteiger partial charge in [-0.05, 0) is 25.8 Å². The molecule has 0 aliphatic rings. The highest BCUT2D eigenvalue weighted by atomic mass is 35.5. The van der Waals surface area contributed by atoms with Crippen molar-refractivity contribution in [2.45, 2.75) is 32.3 Å². The van der Waals surface area contributed by atoms with Crippen molar-refractivity contribution >= 4 is 49.7 Å². The summed E-state index contributed by atoms with van der Waals surface area (Å²) in [4.78, 5) is 33.3. The molecule has 1 aromatic carbocycles. The lowest BCUT2D eigenvalue weighted by Gasteiger charge is -2.10. The van der Waals surface area contributed by atoms with E-state index in [9.17, 15) is 18.0 Å². The first-order valence-corrected chi connectivity index (χ1v) is 13.0. The SMILES string of the molecule is CCCS(=O)(=O)c1ncc(Cl)c(C(=O)Nc2scc(-c3ccc(C)cc3)c2C(=O)OCC)n1. The lowest BCUT2D eigenvalue weighted by atomic mass is 10.0. The quantitative estimate of drug-likeness (QED) is 0.344. The summed E-state index contributed by atoms with van der Waals surface area (Å²) in [6.45, 7) is 5.51. The summed E-state index contributed by atoms with van der Waals surface area (Å²) in [6, 6.07) is 7.58. The molecule has 1 N–H and O–H groups in total. The molecule has 0 aliphatic carbocycles. The molecule has 0 atom stereocenters. The number of aryl methyl sites for hydroxylation is 1. The molecule has 0 spiro atoms. The van der Waals surface area contributed by atoms with Crippen LogP contribution in [0.2, 0.25) is 5.02 Å². The predicted octanol–water partition coefficient (Wildman–Crippen LogP) is 4.78. The number of hydrogen-bond donors (Lipinski definition) is 1. The Morgan fingerprint density at radius 3 is 2.52 bits per heavy atom. The zero-order chi connectivity index (χ0) is 24.2. The first kappa shape index (κ1) is 24.8. The van der Waals surface area contributed by atoms with Gasteiger partial charge >= 0.3 is 5.97 Å². The molecule has 11 heteroatoms. The van der Waals surface area contributed by atoms with Crippen LogP contribution in [-0.4, -0.2) is 42.6 Å². The zero-order valence-corrected chi connectivity index (χ0v) is 20.6. The molecule has 8 nitrogen and oxygen atoms in total. The fraction of sp³-hybridized carbons (Fsp3) is 0.273. The number of amides is 1. The monoisotopic (exact) mass is 507 g/mol. The number of rotatable bonds is 8. The fourth-order valence-corrected chi connectivity index (χ4v) is 5.28. The number of nitrogens with one attached hydrogen (secondary N) is 1. The van der Waals surface area contributed by atoms with Crippen LogP contribution in [0.1, 0.15) is 46.7 Å². The lowest BCUT2D eigenvalue weighted by molar-refractivity contribution is 0.0529. The standard InChI is InChI=1S/C22H22ClN3O5S2/c1-4-10-33(29,30)22-24-11-16(23)18(25-22)19(27)26-20-17(21(28)31-5-2)15(12-32-20)14-8-6-13(3)7-9-14/h6-9,11-12H,4-5,10H2,1-3H3,(H,26,27). The Balaban J connectivity index is 2.00. The topological polar surface area (TPSA) is 115 Å². The Labute approximate surface area is 200 Å². The van der Waals surface area contributed by atoms with Gasteiger partial charge in [0.25, 0.3) is 5.91 Å². The summed E-state index contributed by atoms with van der Waals surface area (Å²) in [6.07, 6.45) is 1.44. The van der Waals surface area contributed by atoms with E-state index in [1.165, 1.54) is 0 Å². The van der Waals surface area contributed by atoms with Crippen LogP contribution >= 0.6 is 22.9 Å². The Kier molecular flexibility index (Phi) is 7.83. The number of aromatic nitrogens is 2. The normalized spacial score (nSPS) is 11.3. The van der Waals surface area contributed by atoms with Gasteiger partial charge in [-0.3, -0.25) is 4.79 Å². The average molecular weight is 508 g/mol. The molecular formula is C22H22ClN3O5S2. The van der Waals surface area contributed by atoms with Crippen molar-refractivity contribution in [3.8, 4) is 11.1 Å². The second kappa shape index (κ2) is 10.4. The number of carbonyl (C=O) groups excluding carboxylic acids is 2. The molecule has 174 valence electrons. The molecule has 3 rings (SSSR count). The number of hydrogen-bond acceptors (Lipinski definition) is 8. The second-order valence-electron chi connectivity index (χ2n) is 7.06. The van der Waals surface area contributed by atoms with Crippen LogP contribution in [0.25, 0.3) is 11.1 Å². The Bertz CT molecular complexity index is 1290. The minimum absolute atomic E-state index is 0.115. The van der Waals surface area contributed by atoms with Gasteiger partial charge in [-0.2, -0.15) is 0 Å². The van der Waals surface area contributed by atoms with Crippen molar-refractivity contribution < 1.29 is 22.7 Å². The molecule has 0 fully saturated rings. The van der Waals surface area contributed by atoms with Gasteiger partial charge in [-0.15, -0.1) is 11.3 Å². The highest BCUT2D eigenvalue weighted by Gasteiger charge is 2.26. The lowest BCUT2D eigenvalue weighted by Crippen LogP contribution is -2.19. The Morgan fingerprint density at radius 2 is 1.88 bits per heavy atom. The van der Waals surface area contributed by atoms with Crippen LogP contribution in [0, 0.1) is 6.92 Å². The van der Waals surface area contributed by atoms with Gasteiger partial charge in [-0.1, -0.05) is 48.4 Å². The maximum absolute atomic E-state index is 13.0. The number of benzene rings is 1. The molecule has 2 heterocycles. The van der Waals surface area contributed by atoms with Crippen molar-refractivity contribution in [1.29, 1.82) is 0 Å². The van der Waals surface area contributed by atoms with Gasteiger partial charge < -0.3 is 10.1 Å². The summed E-state index contributed by atoms with van der Waals surface area (Å²) in [5, 5.41) is 4.02. The van der Waals surface area contributed by atoms with Crippen molar-refractivity contribution in [1.82, 2.24) is 9.97 Å². The van der Waals surface area contributed by atoms with Crippen molar-refractivity contribution in [3.63, 3.8) is 0 Å². The van der Waals surface area contributed by atoms with Gasteiger partial charge in [0.05, 0.1) is 23.6 Å². The summed E-state index contributed by atoms with van der Waals surface area (Å²) in [7, 11) is -3.75. The van der Waals surface area contributed by atoms with Crippen LogP contribution in [0.4, 0.5) is 5.00 Å². The second-order valence-corrected chi connectivity index (χ2v) is 10.4. The highest BCUT2D eigenvalue weighted by Crippen LogP contribution is 2.36. The Hall–Kier alpha value is -2.82. The molecule has 3 aromatic rings. The first-order valence-electron chi connectivity index (χ1n) is 10.1. The molecule has 0 unspecified atom stereocenters. The van der Waals surface area contributed by atoms with Gasteiger partial charge in [0.1, 0.15) is 10.6 Å². The number of nitrogens with zero attached hydrogens (tertiary/aromatic N) is 2. The first-order chi connectivity index (χ1) is 15.7. The van der Waals surface area contributed by atoms with E-state index in [4.69, 9.17) is 16.3 Å².